The molecule has 0 aliphatic carbocycles. The van der Waals surface area contributed by atoms with Crippen molar-refractivity contribution in [2.45, 2.75) is 6.18 Å². The highest BCUT2D eigenvalue weighted by atomic mass is 35.5. The van der Waals surface area contributed by atoms with E-state index >= 15 is 0 Å². The summed E-state index contributed by atoms with van der Waals surface area (Å²) in [6.45, 7) is 0. The molecule has 0 radical (unpaired) electrons. The van der Waals surface area contributed by atoms with Crippen LogP contribution in [0.25, 0.3) is 0 Å². The van der Waals surface area contributed by atoms with Gasteiger partial charge < -0.3 is 0 Å². The van der Waals surface area contributed by atoms with Crippen molar-refractivity contribution >= 4 is 40.6 Å². The number of carbonyl (C=O) groups excluding carboxylic acids is 1. The van der Waals surface area contributed by atoms with Gasteiger partial charge >= 0.3 is 6.18 Å². The van der Waals surface area contributed by atoms with Crippen LogP contribution in [-0.4, -0.2) is 11.7 Å². The Bertz CT molecular complexity index is 429. The Morgan fingerprint density at radius 1 is 1.19 bits per heavy atom. The van der Waals surface area contributed by atoms with E-state index in [9.17, 15) is 18.0 Å². The number of alkyl halides is 4. The Kier molecular flexibility index (Phi) is 4.10. The van der Waals surface area contributed by atoms with Crippen LogP contribution in [0.3, 0.4) is 0 Å². The van der Waals surface area contributed by atoms with E-state index in [0.29, 0.717) is 6.07 Å². The second kappa shape index (κ2) is 4.82. The van der Waals surface area contributed by atoms with Crippen molar-refractivity contribution in [1.29, 1.82) is 0 Å². The Balaban J connectivity index is 3.33. The van der Waals surface area contributed by atoms with E-state index in [1.165, 1.54) is 0 Å². The molecule has 88 valence electrons. The maximum atomic E-state index is 12.4. The molecule has 1 nitrogen and oxygen atoms in total. The zero-order valence-corrected chi connectivity index (χ0v) is 9.81. The summed E-state index contributed by atoms with van der Waals surface area (Å²) in [4.78, 5) is 11.2. The van der Waals surface area contributed by atoms with Gasteiger partial charge in [0.2, 0.25) is 0 Å². The van der Waals surface area contributed by atoms with Crippen LogP contribution in [0.1, 0.15) is 15.9 Å². The summed E-state index contributed by atoms with van der Waals surface area (Å²) in [6.07, 6.45) is -4.61. The summed E-state index contributed by atoms with van der Waals surface area (Å²) in [7, 11) is 0. The predicted molar refractivity (Wildman–Crippen MR) is 56.5 cm³/mol. The molecule has 0 heterocycles. The number of carbonyl (C=O) groups is 1. The number of rotatable bonds is 2. The summed E-state index contributed by atoms with van der Waals surface area (Å²) in [5.74, 6) is -0.955. The lowest BCUT2D eigenvalue weighted by Gasteiger charge is -2.11. The first-order valence-electron chi connectivity index (χ1n) is 3.92. The number of halogens is 6. The highest BCUT2D eigenvalue weighted by Crippen LogP contribution is 2.37. The Morgan fingerprint density at radius 3 is 2.19 bits per heavy atom. The van der Waals surface area contributed by atoms with Crippen molar-refractivity contribution in [2.75, 3.05) is 5.88 Å². The number of hydrogen-bond donors (Lipinski definition) is 0. The van der Waals surface area contributed by atoms with Gasteiger partial charge in [-0.3, -0.25) is 4.79 Å². The van der Waals surface area contributed by atoms with Crippen molar-refractivity contribution in [1.82, 2.24) is 0 Å². The number of Topliss-reactive ketones (excluding diaryl/α,β-unsaturated/α-hetero) is 1. The van der Waals surface area contributed by atoms with E-state index in [4.69, 9.17) is 34.8 Å². The SMILES string of the molecule is O=C(CCl)c1cc(Cl)c(C(F)(F)F)cc1Cl. The minimum atomic E-state index is -4.61. The highest BCUT2D eigenvalue weighted by molar-refractivity contribution is 6.39. The third kappa shape index (κ3) is 2.81. The molecule has 0 N–H and O–H groups in total. The second-order valence-electron chi connectivity index (χ2n) is 2.87. The van der Waals surface area contributed by atoms with Gasteiger partial charge in [0.25, 0.3) is 0 Å². The first kappa shape index (κ1) is 13.6. The number of benzene rings is 1. The molecule has 0 fully saturated rings. The van der Waals surface area contributed by atoms with Gasteiger partial charge in [-0.1, -0.05) is 23.2 Å². The molecule has 1 aromatic carbocycles. The minimum absolute atomic E-state index is 0.116. The summed E-state index contributed by atoms with van der Waals surface area (Å²) in [5, 5.41) is -0.896. The molecule has 1 rings (SSSR count). The van der Waals surface area contributed by atoms with Gasteiger partial charge in [-0.15, -0.1) is 11.6 Å². The van der Waals surface area contributed by atoms with Crippen molar-refractivity contribution in [2.24, 2.45) is 0 Å². The normalized spacial score (nSPS) is 11.6. The predicted octanol–water partition coefficient (Wildman–Crippen LogP) is 4.43. The van der Waals surface area contributed by atoms with Crippen LogP contribution in [0.4, 0.5) is 13.2 Å². The molecule has 0 unspecified atom stereocenters. The molecule has 7 heteroatoms. The van der Waals surface area contributed by atoms with Crippen molar-refractivity contribution in [3.05, 3.63) is 33.3 Å². The van der Waals surface area contributed by atoms with Gasteiger partial charge in [0, 0.05) is 5.56 Å². The van der Waals surface area contributed by atoms with Crippen LogP contribution < -0.4 is 0 Å². The first-order valence-corrected chi connectivity index (χ1v) is 5.22. The first-order chi connectivity index (χ1) is 7.27. The third-order valence-corrected chi connectivity index (χ3v) is 2.65. The van der Waals surface area contributed by atoms with E-state index in [0.717, 1.165) is 6.07 Å². The largest absolute Gasteiger partial charge is 0.417 e. The molecule has 16 heavy (non-hydrogen) atoms. The Labute approximate surface area is 104 Å². The fourth-order valence-electron chi connectivity index (χ4n) is 1.05. The molecule has 0 atom stereocenters. The molecule has 0 aromatic heterocycles. The lowest BCUT2D eigenvalue weighted by atomic mass is 10.1. The van der Waals surface area contributed by atoms with Gasteiger partial charge in [0.05, 0.1) is 21.5 Å². The minimum Gasteiger partial charge on any atom is -0.293 e. The molecule has 0 saturated heterocycles. The lowest BCUT2D eigenvalue weighted by molar-refractivity contribution is -0.137. The van der Waals surface area contributed by atoms with Crippen LogP contribution in [0, 0.1) is 0 Å². The molecule has 1 aromatic rings. The summed E-state index contributed by atoms with van der Waals surface area (Å²) >= 11 is 16.2. The number of ketones is 1. The van der Waals surface area contributed by atoms with Gasteiger partial charge in [-0.25, -0.2) is 0 Å². The van der Waals surface area contributed by atoms with E-state index in [1.807, 2.05) is 0 Å². The van der Waals surface area contributed by atoms with E-state index in [-0.39, 0.29) is 16.5 Å². The van der Waals surface area contributed by atoms with Gasteiger partial charge in [-0.05, 0) is 12.1 Å². The van der Waals surface area contributed by atoms with Crippen LogP contribution in [0.2, 0.25) is 10.0 Å². The van der Waals surface area contributed by atoms with E-state index in [2.05, 4.69) is 0 Å². The zero-order chi connectivity index (χ0) is 12.5. The molecular weight excluding hydrogens is 287 g/mol. The van der Waals surface area contributed by atoms with Gasteiger partial charge in [0.1, 0.15) is 0 Å². The molecule has 0 saturated carbocycles. The van der Waals surface area contributed by atoms with Crippen molar-refractivity contribution < 1.29 is 18.0 Å². The molecule has 0 bridgehead atoms. The number of hydrogen-bond acceptors (Lipinski definition) is 1. The van der Waals surface area contributed by atoms with E-state index in [1.54, 1.807) is 0 Å². The molecule has 0 aliphatic heterocycles. The average Bonchev–Trinajstić information content (AvgIpc) is 2.18. The Hall–Kier alpha value is -0.450. The average molecular weight is 291 g/mol. The molecule has 0 amide bonds. The molecule has 0 aliphatic rings. The highest BCUT2D eigenvalue weighted by Gasteiger charge is 2.34. The van der Waals surface area contributed by atoms with Crippen LogP contribution in [0.5, 0.6) is 0 Å². The summed E-state index contributed by atoms with van der Waals surface area (Å²) < 4.78 is 37.2. The van der Waals surface area contributed by atoms with Gasteiger partial charge in [0.15, 0.2) is 5.78 Å². The Morgan fingerprint density at radius 2 is 1.75 bits per heavy atom. The standard InChI is InChI=1S/C9H4Cl3F3O/c10-3-8(16)4-1-7(12)5(2-6(4)11)9(13,14)15/h1-2H,3H2. The second-order valence-corrected chi connectivity index (χ2v) is 3.95. The van der Waals surface area contributed by atoms with Crippen LogP contribution in [0.15, 0.2) is 12.1 Å². The lowest BCUT2D eigenvalue weighted by Crippen LogP contribution is -2.09. The van der Waals surface area contributed by atoms with Crippen LogP contribution in [-0.2, 0) is 6.18 Å². The molecule has 0 spiro atoms. The maximum Gasteiger partial charge on any atom is 0.417 e. The summed E-state index contributed by atoms with van der Waals surface area (Å²) in [6, 6.07) is 1.49. The zero-order valence-electron chi connectivity index (χ0n) is 7.54. The topological polar surface area (TPSA) is 17.1 Å². The smallest absolute Gasteiger partial charge is 0.293 e. The van der Waals surface area contributed by atoms with Gasteiger partial charge in [-0.2, -0.15) is 13.2 Å². The van der Waals surface area contributed by atoms with Crippen molar-refractivity contribution in [3.8, 4) is 0 Å². The third-order valence-electron chi connectivity index (χ3n) is 1.78. The molecular formula is C9H4Cl3F3O. The maximum absolute atomic E-state index is 12.4. The summed E-state index contributed by atoms with van der Waals surface area (Å²) in [5.41, 5.74) is -1.19. The van der Waals surface area contributed by atoms with Crippen LogP contribution >= 0.6 is 34.8 Å². The van der Waals surface area contributed by atoms with Crippen molar-refractivity contribution in [3.63, 3.8) is 0 Å². The van der Waals surface area contributed by atoms with E-state index < -0.39 is 22.5 Å². The fourth-order valence-corrected chi connectivity index (χ4v) is 1.73. The fraction of sp³-hybridized carbons (Fsp3) is 0.222. The quantitative estimate of drug-likeness (QED) is 0.582. The monoisotopic (exact) mass is 290 g/mol.